The van der Waals surface area contributed by atoms with E-state index in [1.165, 1.54) is 9.36 Å². The number of hydrogen-bond donors (Lipinski definition) is 0. The van der Waals surface area contributed by atoms with Gasteiger partial charge < -0.3 is 0 Å². The van der Waals surface area contributed by atoms with Gasteiger partial charge in [0.25, 0.3) is 0 Å². The maximum Gasteiger partial charge on any atom is 0.238 e. The molecule has 5 rings (SSSR count). The standard InChI is InChI=1S/C20H14N6O2/c27-19-15-17(25(23-21-15)11-13-7-3-1-4-8-13)20(28)18-16(19)22-24-26(18)12-14-9-5-2-6-10-14/h1-10H,11-12H2. The predicted octanol–water partition coefficient (Wildman–Crippen LogP) is 1.74. The first-order valence-electron chi connectivity index (χ1n) is 8.76. The summed E-state index contributed by atoms with van der Waals surface area (Å²) in [4.78, 5) is 26.0. The molecule has 8 heteroatoms. The minimum absolute atomic E-state index is 0.0280. The Balaban J connectivity index is 1.55. The lowest BCUT2D eigenvalue weighted by Crippen LogP contribution is -2.26. The van der Waals surface area contributed by atoms with E-state index in [2.05, 4.69) is 20.6 Å². The second-order valence-electron chi connectivity index (χ2n) is 6.52. The minimum atomic E-state index is -0.428. The van der Waals surface area contributed by atoms with E-state index in [4.69, 9.17) is 0 Å². The average molecular weight is 370 g/mol. The lowest BCUT2D eigenvalue weighted by Gasteiger charge is -2.13. The summed E-state index contributed by atoms with van der Waals surface area (Å²) in [5, 5.41) is 16.0. The fraction of sp³-hybridized carbons (Fsp3) is 0.100. The highest BCUT2D eigenvalue weighted by atomic mass is 16.1. The molecule has 0 radical (unpaired) electrons. The van der Waals surface area contributed by atoms with Crippen LogP contribution in [0.1, 0.15) is 43.5 Å². The number of ketones is 2. The van der Waals surface area contributed by atoms with Gasteiger partial charge in [-0.25, -0.2) is 9.36 Å². The molecule has 2 heterocycles. The van der Waals surface area contributed by atoms with Crippen molar-refractivity contribution in [2.75, 3.05) is 0 Å². The Morgan fingerprint density at radius 1 is 0.607 bits per heavy atom. The van der Waals surface area contributed by atoms with Crippen molar-refractivity contribution in [3.63, 3.8) is 0 Å². The minimum Gasteiger partial charge on any atom is -0.285 e. The van der Waals surface area contributed by atoms with Crippen LogP contribution in [-0.2, 0) is 13.1 Å². The maximum atomic E-state index is 13.2. The zero-order chi connectivity index (χ0) is 19.1. The van der Waals surface area contributed by atoms with Crippen molar-refractivity contribution in [3.8, 4) is 0 Å². The van der Waals surface area contributed by atoms with Gasteiger partial charge in [0.15, 0.2) is 11.4 Å². The van der Waals surface area contributed by atoms with E-state index < -0.39 is 5.78 Å². The van der Waals surface area contributed by atoms with Gasteiger partial charge in [0.2, 0.25) is 11.6 Å². The van der Waals surface area contributed by atoms with Gasteiger partial charge in [-0.2, -0.15) is 0 Å². The third-order valence-corrected chi connectivity index (χ3v) is 4.68. The molecule has 2 aromatic carbocycles. The fourth-order valence-corrected chi connectivity index (χ4v) is 3.34. The van der Waals surface area contributed by atoms with Crippen molar-refractivity contribution in [1.82, 2.24) is 30.0 Å². The van der Waals surface area contributed by atoms with Crippen molar-refractivity contribution in [1.29, 1.82) is 0 Å². The van der Waals surface area contributed by atoms with Gasteiger partial charge in [-0.15, -0.1) is 10.2 Å². The molecule has 0 spiro atoms. The van der Waals surface area contributed by atoms with Gasteiger partial charge in [0, 0.05) is 0 Å². The van der Waals surface area contributed by atoms with Crippen molar-refractivity contribution in [3.05, 3.63) is 94.6 Å². The summed E-state index contributed by atoms with van der Waals surface area (Å²) >= 11 is 0. The lowest BCUT2D eigenvalue weighted by molar-refractivity contribution is 0.0963. The summed E-state index contributed by atoms with van der Waals surface area (Å²) in [6, 6.07) is 19.2. The molecular formula is C20H14N6O2. The first-order chi connectivity index (χ1) is 13.7. The third-order valence-electron chi connectivity index (χ3n) is 4.68. The Kier molecular flexibility index (Phi) is 3.68. The summed E-state index contributed by atoms with van der Waals surface area (Å²) in [6.45, 7) is 0.690. The van der Waals surface area contributed by atoms with Gasteiger partial charge in [-0.3, -0.25) is 9.59 Å². The van der Waals surface area contributed by atoms with Gasteiger partial charge in [0.05, 0.1) is 13.1 Å². The van der Waals surface area contributed by atoms with Crippen LogP contribution >= 0.6 is 0 Å². The predicted molar refractivity (Wildman–Crippen MR) is 98.0 cm³/mol. The van der Waals surface area contributed by atoms with Crippen LogP contribution in [0.5, 0.6) is 0 Å². The molecule has 0 amide bonds. The molecular weight excluding hydrogens is 356 g/mol. The van der Waals surface area contributed by atoms with E-state index in [0.29, 0.717) is 13.1 Å². The van der Waals surface area contributed by atoms with E-state index in [9.17, 15) is 9.59 Å². The molecule has 0 saturated carbocycles. The van der Waals surface area contributed by atoms with Crippen LogP contribution in [0.3, 0.4) is 0 Å². The second kappa shape index (κ2) is 6.34. The summed E-state index contributed by atoms with van der Waals surface area (Å²) in [6.07, 6.45) is 0. The number of benzene rings is 2. The maximum absolute atomic E-state index is 13.2. The highest BCUT2D eigenvalue weighted by Gasteiger charge is 2.39. The second-order valence-corrected chi connectivity index (χ2v) is 6.52. The molecule has 0 unspecified atom stereocenters. The van der Waals surface area contributed by atoms with Crippen LogP contribution in [0.2, 0.25) is 0 Å². The number of carbonyl (C=O) groups excluding carboxylic acids is 2. The average Bonchev–Trinajstić information content (AvgIpc) is 3.33. The smallest absolute Gasteiger partial charge is 0.238 e. The normalized spacial score (nSPS) is 12.7. The Morgan fingerprint density at radius 3 is 1.46 bits per heavy atom. The molecule has 1 aliphatic carbocycles. The van der Waals surface area contributed by atoms with E-state index >= 15 is 0 Å². The van der Waals surface area contributed by atoms with Gasteiger partial charge >= 0.3 is 0 Å². The first-order valence-corrected chi connectivity index (χ1v) is 8.76. The summed E-state index contributed by atoms with van der Waals surface area (Å²) in [5.41, 5.74) is 2.32. The summed E-state index contributed by atoms with van der Waals surface area (Å²) in [5.74, 6) is -0.769. The summed E-state index contributed by atoms with van der Waals surface area (Å²) < 4.78 is 2.93. The summed E-state index contributed by atoms with van der Waals surface area (Å²) in [7, 11) is 0. The van der Waals surface area contributed by atoms with Crippen LogP contribution in [0, 0.1) is 0 Å². The lowest BCUT2D eigenvalue weighted by atomic mass is 9.98. The first kappa shape index (κ1) is 16.2. The van der Waals surface area contributed by atoms with Gasteiger partial charge in [-0.1, -0.05) is 71.1 Å². The Morgan fingerprint density at radius 2 is 1.04 bits per heavy atom. The molecule has 0 N–H and O–H groups in total. The zero-order valence-corrected chi connectivity index (χ0v) is 14.7. The molecule has 1 aliphatic rings. The molecule has 4 aromatic rings. The number of nitrogens with zero attached hydrogens (tertiary/aromatic N) is 6. The molecule has 0 atom stereocenters. The van der Waals surface area contributed by atoms with Crippen molar-refractivity contribution >= 4 is 11.6 Å². The number of fused-ring (bicyclic) bond motifs is 2. The van der Waals surface area contributed by atoms with Crippen molar-refractivity contribution in [2.45, 2.75) is 13.1 Å². The molecule has 0 fully saturated rings. The van der Waals surface area contributed by atoms with Crippen LogP contribution < -0.4 is 0 Å². The van der Waals surface area contributed by atoms with Crippen LogP contribution in [-0.4, -0.2) is 41.6 Å². The Hall–Kier alpha value is -3.94. The van der Waals surface area contributed by atoms with Crippen LogP contribution in [0.4, 0.5) is 0 Å². The number of aromatic nitrogens is 6. The molecule has 0 aliphatic heterocycles. The topological polar surface area (TPSA) is 95.6 Å². The molecule has 0 bridgehead atoms. The highest BCUT2D eigenvalue weighted by Crippen LogP contribution is 2.25. The van der Waals surface area contributed by atoms with Crippen molar-refractivity contribution < 1.29 is 9.59 Å². The monoisotopic (exact) mass is 370 g/mol. The highest BCUT2D eigenvalue weighted by molar-refractivity contribution is 6.25. The zero-order valence-electron chi connectivity index (χ0n) is 14.7. The van der Waals surface area contributed by atoms with Gasteiger partial charge in [-0.05, 0) is 11.1 Å². The Labute approximate surface area is 159 Å². The molecule has 0 saturated heterocycles. The van der Waals surface area contributed by atoms with Crippen LogP contribution in [0.25, 0.3) is 0 Å². The number of hydrogen-bond acceptors (Lipinski definition) is 6. The Bertz CT molecular complexity index is 1100. The number of carbonyl (C=O) groups is 2. The SMILES string of the molecule is O=C1c2nnn(Cc3ccccc3)c2C(=O)c2c1nnn2Cc1ccccc1. The van der Waals surface area contributed by atoms with Gasteiger partial charge in [0.1, 0.15) is 11.4 Å². The van der Waals surface area contributed by atoms with Crippen LogP contribution in [0.15, 0.2) is 60.7 Å². The molecule has 2 aromatic heterocycles. The van der Waals surface area contributed by atoms with Crippen molar-refractivity contribution in [2.24, 2.45) is 0 Å². The molecule has 8 nitrogen and oxygen atoms in total. The van der Waals surface area contributed by atoms with E-state index in [1.807, 2.05) is 60.7 Å². The largest absolute Gasteiger partial charge is 0.285 e. The van der Waals surface area contributed by atoms with E-state index in [1.54, 1.807) is 0 Å². The molecule has 136 valence electrons. The third kappa shape index (κ3) is 2.54. The number of rotatable bonds is 4. The fourth-order valence-electron chi connectivity index (χ4n) is 3.34. The van der Waals surface area contributed by atoms with E-state index in [0.717, 1.165) is 11.1 Å². The molecule has 28 heavy (non-hydrogen) atoms. The van der Waals surface area contributed by atoms with E-state index in [-0.39, 0.29) is 28.6 Å². The quantitative estimate of drug-likeness (QED) is 0.478.